The van der Waals surface area contributed by atoms with Gasteiger partial charge < -0.3 is 19.4 Å². The molecule has 2 aliphatic heterocycles. The quantitative estimate of drug-likeness (QED) is 0.536. The molecule has 1 fully saturated rings. The molecule has 0 saturated carbocycles. The highest BCUT2D eigenvalue weighted by Gasteiger charge is 2.22. The third-order valence-corrected chi connectivity index (χ3v) is 6.00. The second-order valence-corrected chi connectivity index (χ2v) is 8.34. The van der Waals surface area contributed by atoms with E-state index >= 15 is 0 Å². The van der Waals surface area contributed by atoms with E-state index in [2.05, 4.69) is 25.9 Å². The Morgan fingerprint density at radius 3 is 2.85 bits per heavy atom. The number of rotatable bonds is 7. The molecule has 1 saturated heterocycles. The maximum Gasteiger partial charge on any atom is 0.325 e. The molecule has 9 nitrogen and oxygen atoms in total. The van der Waals surface area contributed by atoms with E-state index in [9.17, 15) is 9.59 Å². The van der Waals surface area contributed by atoms with Crippen molar-refractivity contribution in [3.63, 3.8) is 0 Å². The van der Waals surface area contributed by atoms with Crippen molar-refractivity contribution in [2.45, 2.75) is 18.9 Å². The maximum absolute atomic E-state index is 12.6. The lowest BCUT2D eigenvalue weighted by Crippen LogP contribution is -2.50. The predicted octanol–water partition coefficient (Wildman–Crippen LogP) is 2.18. The van der Waals surface area contributed by atoms with Gasteiger partial charge in [0.2, 0.25) is 5.91 Å². The predicted molar refractivity (Wildman–Crippen MR) is 125 cm³/mol. The van der Waals surface area contributed by atoms with Crippen LogP contribution in [0, 0.1) is 0 Å². The van der Waals surface area contributed by atoms with Crippen LogP contribution in [0.4, 0.5) is 0 Å². The molecule has 1 aromatic carbocycles. The Labute approximate surface area is 190 Å². The van der Waals surface area contributed by atoms with Crippen LogP contribution < -0.4 is 10.4 Å². The van der Waals surface area contributed by atoms with Crippen molar-refractivity contribution in [2.24, 2.45) is 0 Å². The Morgan fingerprint density at radius 2 is 2.03 bits per heavy atom. The van der Waals surface area contributed by atoms with Crippen LogP contribution in [0.2, 0.25) is 0 Å². The number of H-pyrrole nitrogens is 2. The summed E-state index contributed by atoms with van der Waals surface area (Å²) in [6, 6.07) is 7.49. The number of hydrogen-bond donors (Lipinski definition) is 2. The molecule has 4 heterocycles. The monoisotopic (exact) mass is 449 g/mol. The summed E-state index contributed by atoms with van der Waals surface area (Å²) < 4.78 is 11.4. The van der Waals surface area contributed by atoms with Crippen molar-refractivity contribution in [2.75, 3.05) is 39.3 Å². The molecule has 1 amide bonds. The number of aromatic amines is 2. The van der Waals surface area contributed by atoms with Gasteiger partial charge >= 0.3 is 5.69 Å². The minimum atomic E-state index is -0.275. The Hall–Kier alpha value is -3.59. The van der Waals surface area contributed by atoms with Crippen LogP contribution in [0.15, 0.2) is 53.6 Å². The number of pyridine rings is 1. The molecule has 0 aliphatic carbocycles. The van der Waals surface area contributed by atoms with Crippen molar-refractivity contribution in [1.82, 2.24) is 24.8 Å². The fourth-order valence-electron chi connectivity index (χ4n) is 4.23. The number of nitrogens with one attached hydrogen (secondary N) is 2. The number of carbonyl (C=O) groups is 1. The fourth-order valence-corrected chi connectivity index (χ4v) is 4.23. The van der Waals surface area contributed by atoms with Gasteiger partial charge in [0.1, 0.15) is 11.9 Å². The summed E-state index contributed by atoms with van der Waals surface area (Å²) in [6.07, 6.45) is 8.91. The first-order chi connectivity index (χ1) is 16.1. The fraction of sp³-hybridized carbons (Fsp3) is 0.375. The highest BCUT2D eigenvalue weighted by atomic mass is 16.5. The van der Waals surface area contributed by atoms with Crippen LogP contribution in [0.3, 0.4) is 0 Å². The highest BCUT2D eigenvalue weighted by molar-refractivity contribution is 5.90. The lowest BCUT2D eigenvalue weighted by Gasteiger charge is -2.36. The number of amides is 1. The lowest BCUT2D eigenvalue weighted by molar-refractivity contribution is -0.133. The minimum Gasteiger partial charge on any atom is -0.494 e. The summed E-state index contributed by atoms with van der Waals surface area (Å²) in [4.78, 5) is 38.1. The maximum atomic E-state index is 12.6. The first-order valence-corrected chi connectivity index (χ1v) is 11.3. The minimum absolute atomic E-state index is 0.0941. The third-order valence-electron chi connectivity index (χ3n) is 6.00. The number of aromatic nitrogens is 3. The number of nitrogens with zero attached hydrogens (tertiary/aromatic N) is 3. The number of piperazine rings is 1. The van der Waals surface area contributed by atoms with Crippen molar-refractivity contribution in [3.05, 3.63) is 59.2 Å². The molecule has 33 heavy (non-hydrogen) atoms. The zero-order valence-electron chi connectivity index (χ0n) is 18.3. The molecule has 9 heteroatoms. The zero-order valence-corrected chi connectivity index (χ0v) is 18.3. The molecule has 2 N–H and O–H groups in total. The van der Waals surface area contributed by atoms with Gasteiger partial charge in [0.25, 0.3) is 0 Å². The summed E-state index contributed by atoms with van der Waals surface area (Å²) in [5, 5.41) is 0.884. The average Bonchev–Trinajstić information content (AvgIpc) is 3.20. The smallest absolute Gasteiger partial charge is 0.325 e. The van der Waals surface area contributed by atoms with Gasteiger partial charge in [-0.15, -0.1) is 0 Å². The number of allylic oxidation sites excluding steroid dienone is 2. The van der Waals surface area contributed by atoms with Crippen LogP contribution >= 0.6 is 0 Å². The largest absolute Gasteiger partial charge is 0.494 e. The second kappa shape index (κ2) is 9.50. The average molecular weight is 450 g/mol. The SMILES string of the molecule is O=C(CCCOc1ccc2nc3[nH]c(=O)[nH]c3cc2c1)N1CCN(CC2C=CC=CO2)CC1. The van der Waals surface area contributed by atoms with E-state index in [1.54, 1.807) is 6.26 Å². The van der Waals surface area contributed by atoms with Crippen LogP contribution in [0.25, 0.3) is 22.1 Å². The van der Waals surface area contributed by atoms with Gasteiger partial charge in [-0.2, -0.15) is 0 Å². The van der Waals surface area contributed by atoms with Crippen molar-refractivity contribution < 1.29 is 14.3 Å². The number of fused-ring (bicyclic) bond motifs is 2. The van der Waals surface area contributed by atoms with Crippen molar-refractivity contribution in [3.8, 4) is 5.75 Å². The van der Waals surface area contributed by atoms with Crippen molar-refractivity contribution in [1.29, 1.82) is 0 Å². The molecular weight excluding hydrogens is 422 g/mol. The third kappa shape index (κ3) is 5.09. The van der Waals surface area contributed by atoms with Gasteiger partial charge in [0.05, 0.1) is 23.9 Å². The number of hydrogen-bond acceptors (Lipinski definition) is 6. The number of benzene rings is 1. The van der Waals surface area contributed by atoms with E-state index < -0.39 is 0 Å². The number of imidazole rings is 1. The van der Waals surface area contributed by atoms with E-state index in [1.165, 1.54) is 0 Å². The molecule has 0 radical (unpaired) electrons. The van der Waals surface area contributed by atoms with Gasteiger partial charge in [-0.1, -0.05) is 6.08 Å². The molecule has 2 aliphatic rings. The van der Waals surface area contributed by atoms with Gasteiger partial charge in [0, 0.05) is 44.5 Å². The molecule has 1 unspecified atom stereocenters. The molecule has 2 aromatic heterocycles. The Bertz CT molecular complexity index is 1250. The highest BCUT2D eigenvalue weighted by Crippen LogP contribution is 2.22. The molecule has 3 aromatic rings. The Morgan fingerprint density at radius 1 is 1.15 bits per heavy atom. The number of ether oxygens (including phenoxy) is 2. The molecule has 0 bridgehead atoms. The number of carbonyl (C=O) groups excluding carboxylic acids is 1. The summed E-state index contributed by atoms with van der Waals surface area (Å²) in [6.45, 7) is 4.55. The second-order valence-electron chi connectivity index (χ2n) is 8.34. The van der Waals surface area contributed by atoms with E-state index in [-0.39, 0.29) is 17.7 Å². The van der Waals surface area contributed by atoms with Gasteiger partial charge in [-0.05, 0) is 42.8 Å². The topological polar surface area (TPSA) is 104 Å². The van der Waals surface area contributed by atoms with Gasteiger partial charge in [0.15, 0.2) is 5.65 Å². The van der Waals surface area contributed by atoms with E-state index in [0.29, 0.717) is 30.6 Å². The van der Waals surface area contributed by atoms with E-state index in [1.807, 2.05) is 41.3 Å². The summed E-state index contributed by atoms with van der Waals surface area (Å²) in [5.41, 5.74) is 1.71. The zero-order chi connectivity index (χ0) is 22.6. The van der Waals surface area contributed by atoms with Crippen LogP contribution in [-0.4, -0.2) is 76.1 Å². The van der Waals surface area contributed by atoms with Crippen LogP contribution in [-0.2, 0) is 9.53 Å². The normalized spacial score (nSPS) is 18.7. The molecule has 5 rings (SSSR count). The van der Waals surface area contributed by atoms with Gasteiger partial charge in [-0.3, -0.25) is 14.7 Å². The van der Waals surface area contributed by atoms with E-state index in [4.69, 9.17) is 9.47 Å². The van der Waals surface area contributed by atoms with Gasteiger partial charge in [-0.25, -0.2) is 9.78 Å². The van der Waals surface area contributed by atoms with Crippen molar-refractivity contribution >= 4 is 28.0 Å². The molecular formula is C24H27N5O4. The summed E-state index contributed by atoms with van der Waals surface area (Å²) in [7, 11) is 0. The Kier molecular flexibility index (Phi) is 6.12. The molecule has 172 valence electrons. The van der Waals surface area contributed by atoms with Crippen LogP contribution in [0.5, 0.6) is 5.75 Å². The lowest BCUT2D eigenvalue weighted by atomic mass is 10.2. The molecule has 0 spiro atoms. The summed E-state index contributed by atoms with van der Waals surface area (Å²) >= 11 is 0. The summed E-state index contributed by atoms with van der Waals surface area (Å²) in [5.74, 6) is 0.896. The van der Waals surface area contributed by atoms with E-state index in [0.717, 1.165) is 49.4 Å². The standard InChI is InChI=1S/C24H27N5O4/c30-22(29-10-8-28(9-11-29)16-19-4-1-2-12-33-19)5-3-13-32-18-6-7-20-17(14-18)15-21-23(25-20)27-24(31)26-21/h1-2,4,6-7,12,14-15,19H,3,5,8-11,13,16H2,(H2,25,26,27,31). The first kappa shape index (κ1) is 21.3. The molecule has 1 atom stereocenters. The Balaban J connectivity index is 1.06. The van der Waals surface area contributed by atoms with Crippen LogP contribution in [0.1, 0.15) is 12.8 Å². The first-order valence-electron chi connectivity index (χ1n) is 11.3.